The zero-order valence-electron chi connectivity index (χ0n) is 17.6. The standard InChI is InChI=1S/C24H35ClN2O2/c1-3-6-19-9-8-18(2)21(15-19)17-27-24(29)22-16-20(10-11-23(22)25)7-4-12-26-13-5-14-28/h3,8,10-11,16,19,21,26,28H,1,4-7,9,12-15,17H2,2H3,(H,27,29). The largest absolute Gasteiger partial charge is 0.396 e. The lowest BCUT2D eigenvalue weighted by atomic mass is 9.80. The van der Waals surface area contributed by atoms with Gasteiger partial charge in [-0.3, -0.25) is 4.79 Å². The number of aryl methyl sites for hydroxylation is 1. The highest BCUT2D eigenvalue weighted by molar-refractivity contribution is 6.33. The molecule has 0 aliphatic heterocycles. The zero-order valence-corrected chi connectivity index (χ0v) is 18.3. The number of benzene rings is 1. The van der Waals surface area contributed by atoms with Crippen LogP contribution >= 0.6 is 11.6 Å². The van der Waals surface area contributed by atoms with Crippen LogP contribution in [0.3, 0.4) is 0 Å². The van der Waals surface area contributed by atoms with Gasteiger partial charge in [-0.25, -0.2) is 0 Å². The molecule has 0 saturated carbocycles. The van der Waals surface area contributed by atoms with Crippen LogP contribution in [0, 0.1) is 11.8 Å². The van der Waals surface area contributed by atoms with Gasteiger partial charge in [0, 0.05) is 13.2 Å². The summed E-state index contributed by atoms with van der Waals surface area (Å²) >= 11 is 6.30. The van der Waals surface area contributed by atoms with E-state index in [1.54, 1.807) is 0 Å². The van der Waals surface area contributed by atoms with Crippen molar-refractivity contribution in [2.24, 2.45) is 11.8 Å². The molecule has 1 aromatic rings. The Hall–Kier alpha value is -1.62. The van der Waals surface area contributed by atoms with Crippen LogP contribution in [0.25, 0.3) is 0 Å². The van der Waals surface area contributed by atoms with E-state index in [4.69, 9.17) is 16.7 Å². The molecular formula is C24H35ClN2O2. The minimum absolute atomic E-state index is 0.100. The Morgan fingerprint density at radius 3 is 2.90 bits per heavy atom. The van der Waals surface area contributed by atoms with Gasteiger partial charge in [-0.1, -0.05) is 35.4 Å². The first-order chi connectivity index (χ1) is 14.0. The molecule has 29 heavy (non-hydrogen) atoms. The van der Waals surface area contributed by atoms with Gasteiger partial charge in [0.15, 0.2) is 0 Å². The maximum absolute atomic E-state index is 12.8. The molecule has 2 atom stereocenters. The number of carbonyl (C=O) groups is 1. The van der Waals surface area contributed by atoms with Crippen LogP contribution in [0.5, 0.6) is 0 Å². The fourth-order valence-electron chi connectivity index (χ4n) is 3.84. The van der Waals surface area contributed by atoms with E-state index in [1.807, 2.05) is 24.3 Å². The van der Waals surface area contributed by atoms with E-state index in [1.165, 1.54) is 5.57 Å². The highest BCUT2D eigenvalue weighted by atomic mass is 35.5. The molecule has 0 heterocycles. The van der Waals surface area contributed by atoms with Crippen LogP contribution in [0.4, 0.5) is 0 Å². The molecule has 2 unspecified atom stereocenters. The summed E-state index contributed by atoms with van der Waals surface area (Å²) in [5.74, 6) is 0.900. The predicted molar refractivity (Wildman–Crippen MR) is 121 cm³/mol. The second kappa shape index (κ2) is 12.8. The Kier molecular flexibility index (Phi) is 10.5. The topological polar surface area (TPSA) is 61.4 Å². The molecule has 2 rings (SSSR count). The lowest BCUT2D eigenvalue weighted by molar-refractivity contribution is 0.0947. The van der Waals surface area contributed by atoms with Gasteiger partial charge in [-0.05, 0) is 88.1 Å². The van der Waals surface area contributed by atoms with Gasteiger partial charge in [0.25, 0.3) is 5.91 Å². The summed E-state index contributed by atoms with van der Waals surface area (Å²) in [5, 5.41) is 15.7. The van der Waals surface area contributed by atoms with Crippen LogP contribution in [0.15, 0.2) is 42.5 Å². The number of amides is 1. The summed E-state index contributed by atoms with van der Waals surface area (Å²) < 4.78 is 0. The number of rotatable bonds is 12. The van der Waals surface area contributed by atoms with Crippen molar-refractivity contribution in [1.82, 2.24) is 10.6 Å². The first-order valence-corrected chi connectivity index (χ1v) is 11.1. The maximum atomic E-state index is 12.8. The van der Waals surface area contributed by atoms with Gasteiger partial charge < -0.3 is 15.7 Å². The molecule has 160 valence electrons. The van der Waals surface area contributed by atoms with Crippen LogP contribution in [-0.4, -0.2) is 37.3 Å². The number of allylic oxidation sites excluding steroid dienone is 2. The van der Waals surface area contributed by atoms with E-state index in [-0.39, 0.29) is 12.5 Å². The molecule has 1 amide bonds. The third-order valence-corrected chi connectivity index (χ3v) is 5.98. The molecule has 0 radical (unpaired) electrons. The van der Waals surface area contributed by atoms with Gasteiger partial charge in [0.1, 0.15) is 0 Å². The van der Waals surface area contributed by atoms with Gasteiger partial charge in [0.05, 0.1) is 10.6 Å². The van der Waals surface area contributed by atoms with Crippen LogP contribution < -0.4 is 10.6 Å². The second-order valence-electron chi connectivity index (χ2n) is 7.96. The molecule has 3 N–H and O–H groups in total. The van der Waals surface area contributed by atoms with Gasteiger partial charge in [-0.15, -0.1) is 6.58 Å². The number of halogens is 1. The Morgan fingerprint density at radius 2 is 2.14 bits per heavy atom. The molecule has 1 aliphatic rings. The minimum Gasteiger partial charge on any atom is -0.396 e. The van der Waals surface area contributed by atoms with Crippen molar-refractivity contribution < 1.29 is 9.90 Å². The van der Waals surface area contributed by atoms with Crippen LogP contribution in [0.1, 0.15) is 54.9 Å². The lowest BCUT2D eigenvalue weighted by Crippen LogP contribution is -2.32. The van der Waals surface area contributed by atoms with E-state index in [0.717, 1.165) is 57.2 Å². The Bertz CT molecular complexity index is 702. The lowest BCUT2D eigenvalue weighted by Gasteiger charge is -2.28. The molecule has 0 fully saturated rings. The summed E-state index contributed by atoms with van der Waals surface area (Å²) in [7, 11) is 0. The smallest absolute Gasteiger partial charge is 0.252 e. The molecular weight excluding hydrogens is 384 g/mol. The Balaban J connectivity index is 1.87. The number of hydrogen-bond donors (Lipinski definition) is 3. The SMILES string of the molecule is C=CCC1CC=C(C)C(CNC(=O)c2cc(CCCNCCCO)ccc2Cl)C1. The minimum atomic E-state index is -0.100. The monoisotopic (exact) mass is 418 g/mol. The average molecular weight is 419 g/mol. The number of carbonyl (C=O) groups excluding carboxylic acids is 1. The van der Waals surface area contributed by atoms with Crippen molar-refractivity contribution in [1.29, 1.82) is 0 Å². The zero-order chi connectivity index (χ0) is 21.1. The van der Waals surface area contributed by atoms with Crippen molar-refractivity contribution in [3.05, 3.63) is 58.7 Å². The molecule has 4 nitrogen and oxygen atoms in total. The van der Waals surface area contributed by atoms with E-state index >= 15 is 0 Å². The van der Waals surface area contributed by atoms with E-state index in [2.05, 4.69) is 30.2 Å². The van der Waals surface area contributed by atoms with Crippen molar-refractivity contribution in [2.75, 3.05) is 26.2 Å². The fourth-order valence-corrected chi connectivity index (χ4v) is 4.04. The third-order valence-electron chi connectivity index (χ3n) is 5.65. The van der Waals surface area contributed by atoms with Gasteiger partial charge in [0.2, 0.25) is 0 Å². The predicted octanol–water partition coefficient (Wildman–Crippen LogP) is 4.52. The van der Waals surface area contributed by atoms with Crippen molar-refractivity contribution >= 4 is 17.5 Å². The maximum Gasteiger partial charge on any atom is 0.252 e. The molecule has 1 aliphatic carbocycles. The molecule has 0 bridgehead atoms. The summed E-state index contributed by atoms with van der Waals surface area (Å²) in [6, 6.07) is 5.72. The number of nitrogens with one attached hydrogen (secondary N) is 2. The van der Waals surface area contributed by atoms with Crippen molar-refractivity contribution in [3.63, 3.8) is 0 Å². The highest BCUT2D eigenvalue weighted by Crippen LogP contribution is 2.31. The average Bonchev–Trinajstić information content (AvgIpc) is 2.72. The first-order valence-electron chi connectivity index (χ1n) is 10.7. The summed E-state index contributed by atoms with van der Waals surface area (Å²) in [4.78, 5) is 12.8. The van der Waals surface area contributed by atoms with Crippen molar-refractivity contribution in [3.8, 4) is 0 Å². The Morgan fingerprint density at radius 1 is 1.34 bits per heavy atom. The Labute approximate surface area is 180 Å². The fraction of sp³-hybridized carbons (Fsp3) is 0.542. The second-order valence-corrected chi connectivity index (χ2v) is 8.37. The van der Waals surface area contributed by atoms with Gasteiger partial charge >= 0.3 is 0 Å². The quantitative estimate of drug-likeness (QED) is 0.345. The molecule has 0 saturated heterocycles. The molecule has 0 aromatic heterocycles. The molecule has 5 heteroatoms. The number of aliphatic hydroxyl groups excluding tert-OH is 1. The van der Waals surface area contributed by atoms with E-state index < -0.39 is 0 Å². The molecule has 1 aromatic carbocycles. The number of aliphatic hydroxyl groups is 1. The van der Waals surface area contributed by atoms with E-state index in [0.29, 0.717) is 29.0 Å². The van der Waals surface area contributed by atoms with Crippen molar-refractivity contribution in [2.45, 2.75) is 45.4 Å². The summed E-state index contributed by atoms with van der Waals surface area (Å²) in [5.41, 5.74) is 3.03. The van der Waals surface area contributed by atoms with E-state index in [9.17, 15) is 4.79 Å². The summed E-state index contributed by atoms with van der Waals surface area (Å²) in [6.45, 7) is 8.59. The third kappa shape index (κ3) is 7.96. The normalized spacial score (nSPS) is 18.9. The molecule has 0 spiro atoms. The number of hydrogen-bond acceptors (Lipinski definition) is 3. The first kappa shape index (κ1) is 23.7. The van der Waals surface area contributed by atoms with Crippen LogP contribution in [0.2, 0.25) is 5.02 Å². The summed E-state index contributed by atoms with van der Waals surface area (Å²) in [6.07, 6.45) is 10.1. The van der Waals surface area contributed by atoms with Crippen LogP contribution in [-0.2, 0) is 6.42 Å². The highest BCUT2D eigenvalue weighted by Gasteiger charge is 2.22. The van der Waals surface area contributed by atoms with Gasteiger partial charge in [-0.2, -0.15) is 0 Å².